The fourth-order valence-electron chi connectivity index (χ4n) is 0.785. The molecule has 0 saturated carbocycles. The number of carbonyl (C=O) groups is 2. The van der Waals surface area contributed by atoms with Gasteiger partial charge in [-0.3, -0.25) is 5.26 Å². The van der Waals surface area contributed by atoms with E-state index in [1.165, 1.54) is 18.2 Å². The molecule has 100 valence electrons. The molecule has 18 heavy (non-hydrogen) atoms. The van der Waals surface area contributed by atoms with Crippen LogP contribution in [0.5, 0.6) is 0 Å². The van der Waals surface area contributed by atoms with E-state index in [1.54, 1.807) is 20.8 Å². The molecule has 0 spiro atoms. The van der Waals surface area contributed by atoms with Gasteiger partial charge in [0.1, 0.15) is 0 Å². The third-order valence-corrected chi connectivity index (χ3v) is 1.63. The Kier molecular flexibility index (Phi) is 6.01. The summed E-state index contributed by atoms with van der Waals surface area (Å²) in [6.07, 6.45) is 0. The van der Waals surface area contributed by atoms with Crippen LogP contribution >= 0.6 is 0 Å². The zero-order valence-electron chi connectivity index (χ0n) is 10.4. The molecule has 1 aromatic rings. The van der Waals surface area contributed by atoms with E-state index >= 15 is 0 Å². The molecule has 0 aromatic heterocycles. The maximum atomic E-state index is 10.4. The third-order valence-electron chi connectivity index (χ3n) is 1.63. The molecule has 1 aromatic carbocycles. The van der Waals surface area contributed by atoms with Crippen molar-refractivity contribution >= 4 is 11.9 Å². The van der Waals surface area contributed by atoms with Gasteiger partial charge in [0, 0.05) is 0 Å². The molecule has 0 unspecified atom stereocenters. The molecule has 0 aliphatic heterocycles. The van der Waals surface area contributed by atoms with Gasteiger partial charge in [-0.05, 0) is 39.0 Å². The second-order valence-corrected chi connectivity index (χ2v) is 4.39. The first-order chi connectivity index (χ1) is 8.17. The van der Waals surface area contributed by atoms with Crippen molar-refractivity contribution in [3.05, 3.63) is 35.4 Å². The van der Waals surface area contributed by atoms with E-state index in [9.17, 15) is 9.59 Å². The van der Waals surface area contributed by atoms with Crippen LogP contribution in [0, 0.1) is 0 Å². The lowest BCUT2D eigenvalue weighted by molar-refractivity contribution is -0.306. The lowest BCUT2D eigenvalue weighted by atomic mass is 10.1. The van der Waals surface area contributed by atoms with Crippen molar-refractivity contribution in [3.8, 4) is 0 Å². The SMILES string of the molecule is CC(C)(C)OO.O=C(O)c1cccc(C(=O)O)c1. The van der Waals surface area contributed by atoms with Crippen LogP contribution in [0.15, 0.2) is 24.3 Å². The van der Waals surface area contributed by atoms with Gasteiger partial charge in [0.05, 0.1) is 16.7 Å². The predicted molar refractivity (Wildman–Crippen MR) is 63.8 cm³/mol. The van der Waals surface area contributed by atoms with Gasteiger partial charge in [0.2, 0.25) is 0 Å². The fourth-order valence-corrected chi connectivity index (χ4v) is 0.785. The van der Waals surface area contributed by atoms with Crippen LogP contribution in [0.3, 0.4) is 0 Å². The number of hydrogen-bond donors (Lipinski definition) is 3. The molecule has 0 fully saturated rings. The van der Waals surface area contributed by atoms with Crippen LogP contribution in [0.4, 0.5) is 0 Å². The third kappa shape index (κ3) is 6.62. The van der Waals surface area contributed by atoms with E-state index in [-0.39, 0.29) is 11.1 Å². The Morgan fingerprint density at radius 1 is 1.06 bits per heavy atom. The molecule has 0 heterocycles. The smallest absolute Gasteiger partial charge is 0.335 e. The quantitative estimate of drug-likeness (QED) is 0.554. The summed E-state index contributed by atoms with van der Waals surface area (Å²) in [7, 11) is 0. The minimum Gasteiger partial charge on any atom is -0.478 e. The van der Waals surface area contributed by atoms with Crippen molar-refractivity contribution in [2.75, 3.05) is 0 Å². The first kappa shape index (κ1) is 16.1. The predicted octanol–water partition coefficient (Wildman–Crippen LogP) is 2.36. The van der Waals surface area contributed by atoms with Crippen LogP contribution in [0.2, 0.25) is 0 Å². The maximum absolute atomic E-state index is 10.4. The Morgan fingerprint density at radius 2 is 1.39 bits per heavy atom. The van der Waals surface area contributed by atoms with Crippen LogP contribution in [-0.2, 0) is 4.89 Å². The number of hydrogen-bond acceptors (Lipinski definition) is 4. The highest BCUT2D eigenvalue weighted by Gasteiger charge is 2.07. The van der Waals surface area contributed by atoms with Crippen LogP contribution in [0.1, 0.15) is 41.5 Å². The summed E-state index contributed by atoms with van der Waals surface area (Å²) < 4.78 is 0. The van der Waals surface area contributed by atoms with E-state index in [1.807, 2.05) is 0 Å². The number of benzene rings is 1. The second-order valence-electron chi connectivity index (χ2n) is 4.39. The van der Waals surface area contributed by atoms with Crippen molar-refractivity contribution in [1.29, 1.82) is 0 Å². The Balaban J connectivity index is 0.000000411. The lowest BCUT2D eigenvalue weighted by Gasteiger charge is -2.10. The Hall–Kier alpha value is -1.92. The molecule has 6 heteroatoms. The average Bonchev–Trinajstić information content (AvgIpc) is 2.29. The van der Waals surface area contributed by atoms with Gasteiger partial charge in [0.15, 0.2) is 0 Å². The van der Waals surface area contributed by atoms with E-state index in [0.717, 1.165) is 6.07 Å². The topological polar surface area (TPSA) is 104 Å². The van der Waals surface area contributed by atoms with Crippen LogP contribution < -0.4 is 0 Å². The Morgan fingerprint density at radius 3 is 1.61 bits per heavy atom. The molecule has 0 saturated heterocycles. The van der Waals surface area contributed by atoms with Crippen molar-refractivity contribution in [2.45, 2.75) is 26.4 Å². The summed E-state index contributed by atoms with van der Waals surface area (Å²) in [6, 6.07) is 5.20. The normalized spacial score (nSPS) is 10.2. The van der Waals surface area contributed by atoms with Gasteiger partial charge in [-0.15, -0.1) is 0 Å². The van der Waals surface area contributed by atoms with Gasteiger partial charge < -0.3 is 10.2 Å². The summed E-state index contributed by atoms with van der Waals surface area (Å²) in [5.74, 6) is -2.25. The van der Waals surface area contributed by atoms with Crippen molar-refractivity contribution < 1.29 is 29.9 Å². The number of aromatic carboxylic acids is 2. The van der Waals surface area contributed by atoms with E-state index in [0.29, 0.717) is 0 Å². The molecular weight excluding hydrogens is 240 g/mol. The van der Waals surface area contributed by atoms with E-state index in [2.05, 4.69) is 4.89 Å². The first-order valence-corrected chi connectivity index (χ1v) is 5.06. The molecule has 0 aliphatic rings. The highest BCUT2D eigenvalue weighted by molar-refractivity contribution is 5.93. The molecule has 6 nitrogen and oxygen atoms in total. The summed E-state index contributed by atoms with van der Waals surface area (Å²) in [6.45, 7) is 5.31. The highest BCUT2D eigenvalue weighted by Crippen LogP contribution is 2.04. The largest absolute Gasteiger partial charge is 0.478 e. The highest BCUT2D eigenvalue weighted by atomic mass is 17.1. The number of carboxylic acids is 2. The Labute approximate surface area is 104 Å². The molecule has 0 bridgehead atoms. The molecule has 1 rings (SSSR count). The fraction of sp³-hybridized carbons (Fsp3) is 0.333. The maximum Gasteiger partial charge on any atom is 0.335 e. The van der Waals surface area contributed by atoms with Crippen molar-refractivity contribution in [3.63, 3.8) is 0 Å². The standard InChI is InChI=1S/C8H6O4.C4H10O2/c9-7(10)5-2-1-3-6(4-5)8(11)12;1-4(2,3)6-5/h1-4H,(H,9,10)(H,11,12);5H,1-3H3. The number of carboxylic acid groups (broad SMARTS) is 2. The monoisotopic (exact) mass is 256 g/mol. The first-order valence-electron chi connectivity index (χ1n) is 5.06. The summed E-state index contributed by atoms with van der Waals surface area (Å²) in [5, 5.41) is 24.9. The zero-order chi connectivity index (χ0) is 14.3. The summed E-state index contributed by atoms with van der Waals surface area (Å²) in [4.78, 5) is 24.7. The van der Waals surface area contributed by atoms with Gasteiger partial charge >= 0.3 is 11.9 Å². The van der Waals surface area contributed by atoms with Crippen LogP contribution in [-0.4, -0.2) is 33.0 Å². The van der Waals surface area contributed by atoms with Gasteiger partial charge in [-0.2, -0.15) is 0 Å². The second kappa shape index (κ2) is 6.73. The van der Waals surface area contributed by atoms with Gasteiger partial charge in [-0.25, -0.2) is 14.5 Å². The lowest BCUT2D eigenvalue weighted by Crippen LogP contribution is -2.15. The van der Waals surface area contributed by atoms with E-state index < -0.39 is 17.5 Å². The minimum absolute atomic E-state index is 0.0186. The molecule has 0 radical (unpaired) electrons. The minimum atomic E-state index is -1.13. The molecule has 0 atom stereocenters. The molecule has 0 amide bonds. The van der Waals surface area contributed by atoms with Crippen molar-refractivity contribution in [1.82, 2.24) is 0 Å². The van der Waals surface area contributed by atoms with Crippen molar-refractivity contribution in [2.24, 2.45) is 0 Å². The Bertz CT molecular complexity index is 390. The zero-order valence-corrected chi connectivity index (χ0v) is 10.4. The average molecular weight is 256 g/mol. The molecule has 3 N–H and O–H groups in total. The van der Waals surface area contributed by atoms with Gasteiger partial charge in [0.25, 0.3) is 0 Å². The van der Waals surface area contributed by atoms with Gasteiger partial charge in [-0.1, -0.05) is 6.07 Å². The summed E-state index contributed by atoms with van der Waals surface area (Å²) in [5.41, 5.74) is -0.440. The number of rotatable bonds is 2. The molecular formula is C12H16O6. The van der Waals surface area contributed by atoms with E-state index in [4.69, 9.17) is 15.5 Å². The van der Waals surface area contributed by atoms with Crippen LogP contribution in [0.25, 0.3) is 0 Å². The summed E-state index contributed by atoms with van der Waals surface area (Å²) >= 11 is 0. The molecule has 0 aliphatic carbocycles.